The van der Waals surface area contributed by atoms with Crippen LogP contribution in [-0.2, 0) is 11.4 Å². The topological polar surface area (TPSA) is 84.6 Å². The van der Waals surface area contributed by atoms with Gasteiger partial charge in [-0.25, -0.2) is 0 Å². The third-order valence-electron chi connectivity index (χ3n) is 3.70. The number of hydrogen-bond donors (Lipinski definition) is 3. The van der Waals surface area contributed by atoms with Crippen LogP contribution in [0.1, 0.15) is 31.7 Å². The predicted molar refractivity (Wildman–Crippen MR) is 77.5 cm³/mol. The first-order valence-electron chi connectivity index (χ1n) is 7.08. The number of benzene rings is 1. The van der Waals surface area contributed by atoms with Crippen LogP contribution < -0.4 is 15.8 Å². The van der Waals surface area contributed by atoms with Crippen LogP contribution in [0.15, 0.2) is 18.2 Å². The van der Waals surface area contributed by atoms with Crippen molar-refractivity contribution in [2.24, 2.45) is 11.7 Å². The molecule has 1 amide bonds. The maximum absolute atomic E-state index is 12.2. The summed E-state index contributed by atoms with van der Waals surface area (Å²) in [7, 11) is 0. The highest BCUT2D eigenvalue weighted by Gasteiger charge is 2.30. The molecule has 0 saturated heterocycles. The van der Waals surface area contributed by atoms with Gasteiger partial charge >= 0.3 is 0 Å². The number of nitrogens with two attached hydrogens (primary N) is 1. The molecule has 1 aromatic carbocycles. The second-order valence-corrected chi connectivity index (χ2v) is 5.10. The Kier molecular flexibility index (Phi) is 4.98. The highest BCUT2D eigenvalue weighted by atomic mass is 16.5. The molecule has 1 saturated carbocycles. The molecular formula is C15H22N2O3. The summed E-state index contributed by atoms with van der Waals surface area (Å²) in [4.78, 5) is 12.2. The number of carbonyl (C=O) groups is 1. The van der Waals surface area contributed by atoms with Crippen molar-refractivity contribution in [1.82, 2.24) is 0 Å². The van der Waals surface area contributed by atoms with Gasteiger partial charge in [0, 0.05) is 17.3 Å². The first-order chi connectivity index (χ1) is 9.65. The second kappa shape index (κ2) is 6.72. The Morgan fingerprint density at radius 3 is 2.90 bits per heavy atom. The fourth-order valence-corrected chi connectivity index (χ4v) is 2.63. The van der Waals surface area contributed by atoms with Gasteiger partial charge in [-0.2, -0.15) is 0 Å². The van der Waals surface area contributed by atoms with Gasteiger partial charge in [-0.1, -0.05) is 6.42 Å². The summed E-state index contributed by atoms with van der Waals surface area (Å²) < 4.78 is 5.41. The summed E-state index contributed by atoms with van der Waals surface area (Å²) in [5.41, 5.74) is 7.27. The first-order valence-corrected chi connectivity index (χ1v) is 7.08. The van der Waals surface area contributed by atoms with E-state index < -0.39 is 0 Å². The van der Waals surface area contributed by atoms with Crippen molar-refractivity contribution in [3.05, 3.63) is 23.8 Å². The maximum Gasteiger partial charge on any atom is 0.229 e. The van der Waals surface area contributed by atoms with Crippen molar-refractivity contribution in [1.29, 1.82) is 0 Å². The van der Waals surface area contributed by atoms with Gasteiger partial charge in [0.05, 0.1) is 19.1 Å². The van der Waals surface area contributed by atoms with Gasteiger partial charge in [0.2, 0.25) is 5.91 Å². The van der Waals surface area contributed by atoms with Gasteiger partial charge in [-0.05, 0) is 38.0 Å². The van der Waals surface area contributed by atoms with E-state index in [1.54, 1.807) is 18.2 Å². The Hall–Kier alpha value is -1.59. The van der Waals surface area contributed by atoms with E-state index in [2.05, 4.69) is 5.32 Å². The molecule has 20 heavy (non-hydrogen) atoms. The van der Waals surface area contributed by atoms with Crippen LogP contribution in [0.4, 0.5) is 5.69 Å². The van der Waals surface area contributed by atoms with Crippen molar-refractivity contribution < 1.29 is 14.6 Å². The van der Waals surface area contributed by atoms with E-state index in [0.29, 0.717) is 23.6 Å². The standard InChI is InChI=1S/C15H22N2O3/c1-2-20-14-7-6-11(8-10(14)9-18)17-15(19)12-4-3-5-13(12)16/h6-8,12-13,18H,2-5,9,16H2,1H3,(H,17,19). The van der Waals surface area contributed by atoms with Crippen LogP contribution in [0.5, 0.6) is 5.75 Å². The Labute approximate surface area is 119 Å². The number of ether oxygens (including phenoxy) is 1. The summed E-state index contributed by atoms with van der Waals surface area (Å²) in [6.45, 7) is 2.30. The lowest BCUT2D eigenvalue weighted by Gasteiger charge is -2.16. The molecule has 1 aliphatic carbocycles. The molecule has 0 aromatic heterocycles. The van der Waals surface area contributed by atoms with Gasteiger partial charge in [-0.15, -0.1) is 0 Å². The molecular weight excluding hydrogens is 256 g/mol. The molecule has 1 aliphatic rings. The largest absolute Gasteiger partial charge is 0.494 e. The third-order valence-corrected chi connectivity index (χ3v) is 3.70. The minimum atomic E-state index is -0.123. The lowest BCUT2D eigenvalue weighted by molar-refractivity contribution is -0.120. The normalized spacial score (nSPS) is 21.8. The Bertz CT molecular complexity index is 476. The first kappa shape index (κ1) is 14.8. The smallest absolute Gasteiger partial charge is 0.229 e. The highest BCUT2D eigenvalue weighted by molar-refractivity contribution is 5.93. The van der Waals surface area contributed by atoms with E-state index in [0.717, 1.165) is 19.3 Å². The van der Waals surface area contributed by atoms with Crippen molar-refractivity contribution in [3.8, 4) is 5.75 Å². The van der Waals surface area contributed by atoms with Crippen LogP contribution in [0.2, 0.25) is 0 Å². The SMILES string of the molecule is CCOc1ccc(NC(=O)C2CCCC2N)cc1CO. The highest BCUT2D eigenvalue weighted by Crippen LogP contribution is 2.27. The Balaban J connectivity index is 2.07. The van der Waals surface area contributed by atoms with E-state index in [1.165, 1.54) is 0 Å². The number of rotatable bonds is 5. The quantitative estimate of drug-likeness (QED) is 0.764. The lowest BCUT2D eigenvalue weighted by atomic mass is 10.0. The summed E-state index contributed by atoms with van der Waals surface area (Å²) >= 11 is 0. The number of aliphatic hydroxyl groups excluding tert-OH is 1. The van der Waals surface area contributed by atoms with Gasteiger partial charge < -0.3 is 20.9 Å². The molecule has 0 heterocycles. The van der Waals surface area contributed by atoms with Crippen LogP contribution in [0.3, 0.4) is 0 Å². The predicted octanol–water partition coefficient (Wildman–Crippen LogP) is 1.64. The third kappa shape index (κ3) is 3.29. The summed E-state index contributed by atoms with van der Waals surface area (Å²) in [5, 5.41) is 12.2. The zero-order valence-corrected chi connectivity index (χ0v) is 11.8. The van der Waals surface area contributed by atoms with Crippen molar-refractivity contribution in [2.45, 2.75) is 38.8 Å². The van der Waals surface area contributed by atoms with E-state index >= 15 is 0 Å². The summed E-state index contributed by atoms with van der Waals surface area (Å²) in [5.74, 6) is 0.493. The van der Waals surface area contributed by atoms with Gasteiger partial charge in [-0.3, -0.25) is 4.79 Å². The Morgan fingerprint density at radius 1 is 1.50 bits per heavy atom. The van der Waals surface area contributed by atoms with Crippen LogP contribution >= 0.6 is 0 Å². The number of carbonyl (C=O) groups excluding carboxylic acids is 1. The molecule has 2 rings (SSSR count). The number of hydrogen-bond acceptors (Lipinski definition) is 4. The molecule has 1 aromatic rings. The molecule has 0 aliphatic heterocycles. The van der Waals surface area contributed by atoms with Crippen molar-refractivity contribution in [3.63, 3.8) is 0 Å². The number of amides is 1. The zero-order chi connectivity index (χ0) is 14.5. The summed E-state index contributed by atoms with van der Waals surface area (Å²) in [6.07, 6.45) is 2.75. The van der Waals surface area contributed by atoms with Crippen LogP contribution in [-0.4, -0.2) is 23.7 Å². The van der Waals surface area contributed by atoms with Gasteiger partial charge in [0.1, 0.15) is 5.75 Å². The molecule has 2 unspecified atom stereocenters. The van der Waals surface area contributed by atoms with E-state index in [-0.39, 0.29) is 24.5 Å². The molecule has 2 atom stereocenters. The average Bonchev–Trinajstić information content (AvgIpc) is 2.87. The number of aliphatic hydroxyl groups is 1. The van der Waals surface area contributed by atoms with Crippen molar-refractivity contribution in [2.75, 3.05) is 11.9 Å². The molecule has 0 radical (unpaired) electrons. The molecule has 4 N–H and O–H groups in total. The fourth-order valence-electron chi connectivity index (χ4n) is 2.63. The minimum Gasteiger partial charge on any atom is -0.494 e. The average molecular weight is 278 g/mol. The lowest BCUT2D eigenvalue weighted by Crippen LogP contribution is -2.34. The minimum absolute atomic E-state index is 0.0388. The number of nitrogens with one attached hydrogen (secondary N) is 1. The molecule has 0 bridgehead atoms. The van der Waals surface area contributed by atoms with Crippen LogP contribution in [0, 0.1) is 5.92 Å². The van der Waals surface area contributed by atoms with E-state index in [1.807, 2.05) is 6.92 Å². The van der Waals surface area contributed by atoms with Crippen LogP contribution in [0.25, 0.3) is 0 Å². The fraction of sp³-hybridized carbons (Fsp3) is 0.533. The zero-order valence-electron chi connectivity index (χ0n) is 11.8. The van der Waals surface area contributed by atoms with E-state index in [4.69, 9.17) is 10.5 Å². The summed E-state index contributed by atoms with van der Waals surface area (Å²) in [6, 6.07) is 5.24. The van der Waals surface area contributed by atoms with E-state index in [9.17, 15) is 9.90 Å². The molecule has 0 spiro atoms. The number of anilines is 1. The molecule has 5 heteroatoms. The Morgan fingerprint density at radius 2 is 2.30 bits per heavy atom. The second-order valence-electron chi connectivity index (χ2n) is 5.10. The monoisotopic (exact) mass is 278 g/mol. The molecule has 5 nitrogen and oxygen atoms in total. The van der Waals surface area contributed by atoms with Crippen molar-refractivity contribution >= 4 is 11.6 Å². The maximum atomic E-state index is 12.2. The molecule has 1 fully saturated rings. The van der Waals surface area contributed by atoms with Gasteiger partial charge in [0.25, 0.3) is 0 Å². The molecule has 110 valence electrons. The van der Waals surface area contributed by atoms with Gasteiger partial charge in [0.15, 0.2) is 0 Å².